The smallest absolute Gasteiger partial charge is 0.270 e. The summed E-state index contributed by atoms with van der Waals surface area (Å²) >= 11 is 0. The summed E-state index contributed by atoms with van der Waals surface area (Å²) in [7, 11) is 2.12. The highest BCUT2D eigenvalue weighted by molar-refractivity contribution is 6.02. The Morgan fingerprint density at radius 3 is 2.48 bits per heavy atom. The van der Waals surface area contributed by atoms with Gasteiger partial charge < -0.3 is 15.1 Å². The number of nitro benzene ring substituents is 1. The number of likely N-dealkylation sites (N-methyl/N-ethyl adjacent to an activating group) is 1. The maximum atomic E-state index is 12.1. The van der Waals surface area contributed by atoms with Gasteiger partial charge in [-0.15, -0.1) is 0 Å². The maximum absolute atomic E-state index is 12.1. The number of rotatable bonds is 5. The van der Waals surface area contributed by atoms with Gasteiger partial charge in [0, 0.05) is 55.8 Å². The Hall–Kier alpha value is -3.19. The number of benzene rings is 2. The fraction of sp³-hybridized carbons (Fsp3) is 0.250. The quantitative estimate of drug-likeness (QED) is 0.500. The van der Waals surface area contributed by atoms with E-state index in [2.05, 4.69) is 22.2 Å². The summed E-state index contributed by atoms with van der Waals surface area (Å²) in [4.78, 5) is 27.0. The Labute approximate surface area is 158 Å². The number of carbonyl (C=O) groups is 1. The van der Waals surface area contributed by atoms with Gasteiger partial charge in [0.25, 0.3) is 5.69 Å². The van der Waals surface area contributed by atoms with E-state index in [0.29, 0.717) is 11.3 Å². The van der Waals surface area contributed by atoms with Crippen molar-refractivity contribution in [2.24, 2.45) is 0 Å². The second-order valence-corrected chi connectivity index (χ2v) is 6.51. The summed E-state index contributed by atoms with van der Waals surface area (Å²) in [6, 6.07) is 13.9. The van der Waals surface area contributed by atoms with Gasteiger partial charge in [-0.3, -0.25) is 14.9 Å². The molecule has 0 saturated carbocycles. The van der Waals surface area contributed by atoms with E-state index in [4.69, 9.17) is 0 Å². The predicted octanol–water partition coefficient (Wildman–Crippen LogP) is 3.00. The minimum absolute atomic E-state index is 0.00273. The van der Waals surface area contributed by atoms with Crippen molar-refractivity contribution < 1.29 is 9.72 Å². The molecular weight excluding hydrogens is 344 g/mol. The molecule has 0 atom stereocenters. The van der Waals surface area contributed by atoms with Crippen LogP contribution >= 0.6 is 0 Å². The van der Waals surface area contributed by atoms with Gasteiger partial charge >= 0.3 is 0 Å². The molecule has 1 N–H and O–H groups in total. The summed E-state index contributed by atoms with van der Waals surface area (Å²) in [6.45, 7) is 4.07. The van der Waals surface area contributed by atoms with Gasteiger partial charge in [0.05, 0.1) is 4.92 Å². The molecule has 2 aromatic rings. The molecule has 27 heavy (non-hydrogen) atoms. The zero-order chi connectivity index (χ0) is 19.2. The highest BCUT2D eigenvalue weighted by atomic mass is 16.6. The van der Waals surface area contributed by atoms with Crippen LogP contribution in [0.2, 0.25) is 0 Å². The molecule has 3 rings (SSSR count). The lowest BCUT2D eigenvalue weighted by atomic mass is 10.2. The SMILES string of the molecule is CN1CCN(c2ccc(NC(=O)C=Cc3cccc([N+](=O)[O-])c3)cc2)CC1. The van der Waals surface area contributed by atoms with Crippen molar-refractivity contribution in [2.75, 3.05) is 43.4 Å². The van der Waals surface area contributed by atoms with Crippen LogP contribution in [0.15, 0.2) is 54.6 Å². The molecule has 1 aliphatic rings. The fourth-order valence-corrected chi connectivity index (χ4v) is 2.92. The number of carbonyl (C=O) groups excluding carboxylic acids is 1. The highest BCUT2D eigenvalue weighted by Gasteiger charge is 2.14. The molecule has 7 nitrogen and oxygen atoms in total. The van der Waals surface area contributed by atoms with E-state index in [1.807, 2.05) is 24.3 Å². The Morgan fingerprint density at radius 1 is 1.11 bits per heavy atom. The number of nitro groups is 1. The first kappa shape index (κ1) is 18.6. The van der Waals surface area contributed by atoms with E-state index in [-0.39, 0.29) is 11.6 Å². The van der Waals surface area contributed by atoms with Crippen LogP contribution in [0, 0.1) is 10.1 Å². The number of hydrogen-bond acceptors (Lipinski definition) is 5. The number of anilines is 2. The Balaban J connectivity index is 1.57. The Kier molecular flexibility index (Phi) is 5.83. The average molecular weight is 366 g/mol. The van der Waals surface area contributed by atoms with Crippen LogP contribution in [0.1, 0.15) is 5.56 Å². The lowest BCUT2D eigenvalue weighted by molar-refractivity contribution is -0.384. The summed E-state index contributed by atoms with van der Waals surface area (Å²) in [5.41, 5.74) is 2.46. The van der Waals surface area contributed by atoms with Gasteiger partial charge in [-0.2, -0.15) is 0 Å². The molecule has 7 heteroatoms. The zero-order valence-electron chi connectivity index (χ0n) is 15.2. The number of nitrogens with zero attached hydrogens (tertiary/aromatic N) is 3. The third kappa shape index (κ3) is 5.15. The number of piperazine rings is 1. The standard InChI is InChI=1S/C20H22N4O3/c1-22-11-13-23(14-12-22)18-8-6-17(7-9-18)21-20(25)10-5-16-3-2-4-19(15-16)24(26)27/h2-10,15H,11-14H2,1H3,(H,21,25). The molecule has 1 aliphatic heterocycles. The second-order valence-electron chi connectivity index (χ2n) is 6.51. The third-order valence-electron chi connectivity index (χ3n) is 4.51. The van der Waals surface area contributed by atoms with Gasteiger partial charge in [0.2, 0.25) is 5.91 Å². The monoisotopic (exact) mass is 366 g/mol. The van der Waals surface area contributed by atoms with E-state index in [9.17, 15) is 14.9 Å². The van der Waals surface area contributed by atoms with E-state index in [1.165, 1.54) is 18.2 Å². The number of hydrogen-bond donors (Lipinski definition) is 1. The number of nitrogens with one attached hydrogen (secondary N) is 1. The molecule has 0 radical (unpaired) electrons. The van der Waals surface area contributed by atoms with Crippen molar-refractivity contribution in [3.63, 3.8) is 0 Å². The molecule has 2 aromatic carbocycles. The summed E-state index contributed by atoms with van der Waals surface area (Å²) in [5.74, 6) is -0.283. The third-order valence-corrected chi connectivity index (χ3v) is 4.51. The molecule has 0 bridgehead atoms. The van der Waals surface area contributed by atoms with Gasteiger partial charge in [0.15, 0.2) is 0 Å². The van der Waals surface area contributed by atoms with Crippen LogP contribution < -0.4 is 10.2 Å². The predicted molar refractivity (Wildman–Crippen MR) is 107 cm³/mol. The molecule has 1 saturated heterocycles. The van der Waals surface area contributed by atoms with E-state index >= 15 is 0 Å². The summed E-state index contributed by atoms with van der Waals surface area (Å²) < 4.78 is 0. The van der Waals surface area contributed by atoms with E-state index in [1.54, 1.807) is 18.2 Å². The molecule has 0 unspecified atom stereocenters. The molecule has 0 spiro atoms. The molecule has 0 aromatic heterocycles. The molecular formula is C20H22N4O3. The minimum Gasteiger partial charge on any atom is -0.369 e. The summed E-state index contributed by atoms with van der Waals surface area (Å²) in [6.07, 6.45) is 2.92. The first-order chi connectivity index (χ1) is 13.0. The first-order valence-corrected chi connectivity index (χ1v) is 8.78. The van der Waals surface area contributed by atoms with Crippen LogP contribution in [0.5, 0.6) is 0 Å². The lowest BCUT2D eigenvalue weighted by Crippen LogP contribution is -2.44. The van der Waals surface area contributed by atoms with Crippen LogP contribution in [-0.4, -0.2) is 49.0 Å². The Morgan fingerprint density at radius 2 is 1.81 bits per heavy atom. The van der Waals surface area contributed by atoms with E-state index in [0.717, 1.165) is 31.9 Å². The van der Waals surface area contributed by atoms with Gasteiger partial charge in [-0.05, 0) is 43.0 Å². The molecule has 1 heterocycles. The average Bonchev–Trinajstić information content (AvgIpc) is 2.68. The molecule has 0 aliphatic carbocycles. The molecule has 1 amide bonds. The van der Waals surface area contributed by atoms with Crippen molar-refractivity contribution in [1.29, 1.82) is 0 Å². The van der Waals surface area contributed by atoms with Gasteiger partial charge in [-0.25, -0.2) is 0 Å². The van der Waals surface area contributed by atoms with E-state index < -0.39 is 4.92 Å². The second kappa shape index (κ2) is 8.46. The Bertz CT molecular complexity index is 841. The number of non-ortho nitro benzene ring substituents is 1. The fourth-order valence-electron chi connectivity index (χ4n) is 2.92. The van der Waals surface area contributed by atoms with Crippen molar-refractivity contribution in [2.45, 2.75) is 0 Å². The normalized spacial score (nSPS) is 15.1. The molecule has 1 fully saturated rings. The topological polar surface area (TPSA) is 78.7 Å². The highest BCUT2D eigenvalue weighted by Crippen LogP contribution is 2.19. The summed E-state index contributed by atoms with van der Waals surface area (Å²) in [5, 5.41) is 13.6. The van der Waals surface area contributed by atoms with Gasteiger partial charge in [-0.1, -0.05) is 12.1 Å². The lowest BCUT2D eigenvalue weighted by Gasteiger charge is -2.34. The first-order valence-electron chi connectivity index (χ1n) is 8.78. The van der Waals surface area contributed by atoms with Gasteiger partial charge in [0.1, 0.15) is 0 Å². The van der Waals surface area contributed by atoms with Crippen LogP contribution in [-0.2, 0) is 4.79 Å². The van der Waals surface area contributed by atoms with Crippen LogP contribution in [0.3, 0.4) is 0 Å². The van der Waals surface area contributed by atoms with Crippen molar-refractivity contribution in [3.8, 4) is 0 Å². The van der Waals surface area contributed by atoms with Crippen LogP contribution in [0.4, 0.5) is 17.1 Å². The minimum atomic E-state index is -0.459. The zero-order valence-corrected chi connectivity index (χ0v) is 15.2. The van der Waals surface area contributed by atoms with Crippen molar-refractivity contribution >= 4 is 29.0 Å². The largest absolute Gasteiger partial charge is 0.369 e. The van der Waals surface area contributed by atoms with Crippen LogP contribution in [0.25, 0.3) is 6.08 Å². The maximum Gasteiger partial charge on any atom is 0.270 e. The molecule has 140 valence electrons. The van der Waals surface area contributed by atoms with Crippen molar-refractivity contribution in [3.05, 3.63) is 70.3 Å². The van der Waals surface area contributed by atoms with Crippen molar-refractivity contribution in [1.82, 2.24) is 4.90 Å². The number of amides is 1.